The first kappa shape index (κ1) is 24.7. The highest BCUT2D eigenvalue weighted by atomic mass is 19.2. The molecule has 9 heteroatoms. The fourth-order valence-corrected chi connectivity index (χ4v) is 3.03. The minimum atomic E-state index is -1.63. The number of hydrogen-bond acceptors (Lipinski definition) is 5. The summed E-state index contributed by atoms with van der Waals surface area (Å²) in [5, 5.41) is 0. The maximum Gasteiger partial charge on any atom is 0.314 e. The Morgan fingerprint density at radius 3 is 1.77 bits per heavy atom. The van der Waals surface area contributed by atoms with Gasteiger partial charge in [-0.05, 0) is 5.92 Å². The van der Waals surface area contributed by atoms with E-state index < -0.39 is 59.5 Å². The van der Waals surface area contributed by atoms with Gasteiger partial charge in [0.2, 0.25) is 0 Å². The van der Waals surface area contributed by atoms with E-state index in [1.165, 1.54) is 12.4 Å². The zero-order valence-electron chi connectivity index (χ0n) is 18.4. The van der Waals surface area contributed by atoms with Crippen molar-refractivity contribution >= 4 is 5.97 Å². The smallest absolute Gasteiger partial charge is 0.314 e. The first-order valence-corrected chi connectivity index (χ1v) is 9.71. The molecule has 0 fully saturated rings. The quantitative estimate of drug-likeness (QED) is 0.345. The summed E-state index contributed by atoms with van der Waals surface area (Å²) < 4.78 is 66.3. The summed E-state index contributed by atoms with van der Waals surface area (Å²) in [5.41, 5.74) is -1.71. The van der Waals surface area contributed by atoms with Crippen molar-refractivity contribution in [3.05, 3.63) is 58.2 Å². The maximum atomic E-state index is 14.3. The number of carbonyl (C=O) groups is 1. The number of halogens is 4. The van der Waals surface area contributed by atoms with Crippen LogP contribution in [0.5, 0.6) is 0 Å². The SMILES string of the molecule is COCc1c(F)c(F)c(COC(=O)C(c2cnc(C(C)(C)C)nc2)C(C)C)c(F)c1F. The summed E-state index contributed by atoms with van der Waals surface area (Å²) in [6, 6.07) is 0. The molecule has 0 radical (unpaired) electrons. The highest BCUT2D eigenvalue weighted by Gasteiger charge is 2.30. The first-order valence-electron chi connectivity index (χ1n) is 9.71. The van der Waals surface area contributed by atoms with Crippen LogP contribution < -0.4 is 0 Å². The van der Waals surface area contributed by atoms with Crippen molar-refractivity contribution < 1.29 is 31.8 Å². The number of aromatic nitrogens is 2. The van der Waals surface area contributed by atoms with Crippen molar-refractivity contribution in [2.45, 2.75) is 59.2 Å². The summed E-state index contributed by atoms with van der Waals surface area (Å²) >= 11 is 0. The van der Waals surface area contributed by atoms with Crippen LogP contribution >= 0.6 is 0 Å². The third kappa shape index (κ3) is 5.39. The van der Waals surface area contributed by atoms with Gasteiger partial charge in [-0.15, -0.1) is 0 Å². The van der Waals surface area contributed by atoms with Crippen LogP contribution in [0.3, 0.4) is 0 Å². The van der Waals surface area contributed by atoms with E-state index in [2.05, 4.69) is 14.7 Å². The lowest BCUT2D eigenvalue weighted by Gasteiger charge is -2.21. The lowest BCUT2D eigenvalue weighted by atomic mass is 9.89. The molecule has 0 saturated carbocycles. The van der Waals surface area contributed by atoms with Crippen LogP contribution in [0, 0.1) is 29.2 Å². The van der Waals surface area contributed by atoms with E-state index in [1.807, 2.05) is 20.8 Å². The van der Waals surface area contributed by atoms with Crippen molar-refractivity contribution in [1.29, 1.82) is 0 Å². The summed E-state index contributed by atoms with van der Waals surface area (Å²) in [5.74, 6) is -7.75. The number of nitrogens with zero attached hydrogens (tertiary/aromatic N) is 2. The Morgan fingerprint density at radius 2 is 1.39 bits per heavy atom. The van der Waals surface area contributed by atoms with Gasteiger partial charge in [-0.1, -0.05) is 34.6 Å². The lowest BCUT2D eigenvalue weighted by molar-refractivity contribution is -0.148. The maximum absolute atomic E-state index is 14.3. The number of esters is 1. The molecule has 31 heavy (non-hydrogen) atoms. The largest absolute Gasteiger partial charge is 0.460 e. The molecule has 1 unspecified atom stereocenters. The third-order valence-corrected chi connectivity index (χ3v) is 4.71. The minimum Gasteiger partial charge on any atom is -0.460 e. The lowest BCUT2D eigenvalue weighted by Crippen LogP contribution is -2.23. The highest BCUT2D eigenvalue weighted by molar-refractivity contribution is 5.78. The number of benzene rings is 1. The van der Waals surface area contributed by atoms with Gasteiger partial charge in [-0.2, -0.15) is 0 Å². The van der Waals surface area contributed by atoms with Gasteiger partial charge < -0.3 is 9.47 Å². The second-order valence-corrected chi connectivity index (χ2v) is 8.57. The minimum absolute atomic E-state index is 0.260. The zero-order valence-corrected chi connectivity index (χ0v) is 18.4. The van der Waals surface area contributed by atoms with Crippen LogP contribution in [0.2, 0.25) is 0 Å². The molecular formula is C22H26F4N2O3. The van der Waals surface area contributed by atoms with E-state index in [0.29, 0.717) is 11.4 Å². The van der Waals surface area contributed by atoms with Crippen molar-refractivity contribution in [3.63, 3.8) is 0 Å². The van der Waals surface area contributed by atoms with Gasteiger partial charge in [-0.3, -0.25) is 4.79 Å². The molecule has 0 bridgehead atoms. The molecule has 1 atom stereocenters. The Balaban J connectivity index is 2.27. The summed E-state index contributed by atoms with van der Waals surface area (Å²) in [4.78, 5) is 21.2. The Bertz CT molecular complexity index is 912. The average Bonchev–Trinajstić information content (AvgIpc) is 2.69. The van der Waals surface area contributed by atoms with E-state index in [1.54, 1.807) is 13.8 Å². The topological polar surface area (TPSA) is 61.3 Å². The van der Waals surface area contributed by atoms with Crippen molar-refractivity contribution in [2.24, 2.45) is 5.92 Å². The van der Waals surface area contributed by atoms with Gasteiger partial charge >= 0.3 is 5.97 Å². The molecule has 0 saturated heterocycles. The first-order chi connectivity index (χ1) is 14.4. The molecular weight excluding hydrogens is 416 g/mol. The number of rotatable bonds is 7. The molecule has 0 aliphatic carbocycles. The van der Waals surface area contributed by atoms with Gasteiger partial charge in [0.25, 0.3) is 0 Å². The summed E-state index contributed by atoms with van der Waals surface area (Å²) in [7, 11) is 1.13. The van der Waals surface area contributed by atoms with Crippen molar-refractivity contribution in [1.82, 2.24) is 9.97 Å². The summed E-state index contributed by atoms with van der Waals surface area (Å²) in [6.45, 7) is 7.71. The molecule has 2 aromatic rings. The molecule has 1 heterocycles. The molecule has 0 aliphatic rings. The number of carbonyl (C=O) groups excluding carboxylic acids is 1. The zero-order chi connectivity index (χ0) is 23.5. The standard InChI is InChI=1S/C22H26F4N2O3/c1-11(2)15(12-7-27-21(28-8-12)22(3,4)5)20(29)31-10-14-18(25)16(23)13(9-30-6)17(24)19(14)26/h7-8,11,15H,9-10H2,1-6H3. The van der Waals surface area contributed by atoms with E-state index in [-0.39, 0.29) is 11.3 Å². The molecule has 0 amide bonds. The number of methoxy groups -OCH3 is 1. The summed E-state index contributed by atoms with van der Waals surface area (Å²) in [6.07, 6.45) is 3.00. The van der Waals surface area contributed by atoms with Crippen LogP contribution in [0.4, 0.5) is 17.6 Å². The Morgan fingerprint density at radius 1 is 0.935 bits per heavy atom. The van der Waals surface area contributed by atoms with E-state index >= 15 is 0 Å². The normalized spacial score (nSPS) is 12.9. The predicted molar refractivity (Wildman–Crippen MR) is 105 cm³/mol. The van der Waals surface area contributed by atoms with Gasteiger partial charge in [0.05, 0.1) is 23.7 Å². The molecule has 170 valence electrons. The second kappa shape index (κ2) is 9.72. The van der Waals surface area contributed by atoms with Crippen molar-refractivity contribution in [2.75, 3.05) is 7.11 Å². The van der Waals surface area contributed by atoms with Crippen LogP contribution in [0.1, 0.15) is 63.1 Å². The third-order valence-electron chi connectivity index (χ3n) is 4.71. The second-order valence-electron chi connectivity index (χ2n) is 8.57. The van der Waals surface area contributed by atoms with Crippen molar-refractivity contribution in [3.8, 4) is 0 Å². The van der Waals surface area contributed by atoms with E-state index in [9.17, 15) is 22.4 Å². The molecule has 0 N–H and O–H groups in total. The molecule has 5 nitrogen and oxygen atoms in total. The molecule has 2 rings (SSSR count). The Labute approximate surface area is 178 Å². The van der Waals surface area contributed by atoms with Gasteiger partial charge in [0.15, 0.2) is 23.3 Å². The fraction of sp³-hybridized carbons (Fsp3) is 0.500. The molecule has 1 aromatic carbocycles. The molecule has 1 aromatic heterocycles. The highest BCUT2D eigenvalue weighted by Crippen LogP contribution is 2.29. The van der Waals surface area contributed by atoms with Gasteiger partial charge in [0.1, 0.15) is 12.4 Å². The molecule has 0 spiro atoms. The van der Waals surface area contributed by atoms with Crippen LogP contribution in [0.25, 0.3) is 0 Å². The molecule has 0 aliphatic heterocycles. The number of hydrogen-bond donors (Lipinski definition) is 0. The van der Waals surface area contributed by atoms with Gasteiger partial charge in [-0.25, -0.2) is 27.5 Å². The van der Waals surface area contributed by atoms with Gasteiger partial charge in [0, 0.05) is 30.5 Å². The van der Waals surface area contributed by atoms with E-state index in [4.69, 9.17) is 4.74 Å². The van der Waals surface area contributed by atoms with E-state index in [0.717, 1.165) is 7.11 Å². The predicted octanol–water partition coefficient (Wildman–Crippen LogP) is 4.96. The number of ether oxygens (including phenoxy) is 2. The average molecular weight is 442 g/mol. The Hall–Kier alpha value is -2.55. The monoisotopic (exact) mass is 442 g/mol. The van der Waals surface area contributed by atoms with Crippen LogP contribution in [-0.4, -0.2) is 23.0 Å². The fourth-order valence-electron chi connectivity index (χ4n) is 3.03. The van der Waals surface area contributed by atoms with Crippen LogP contribution in [-0.2, 0) is 32.9 Å². The van der Waals surface area contributed by atoms with Crippen LogP contribution in [0.15, 0.2) is 12.4 Å². The Kier molecular flexibility index (Phi) is 7.75.